The quantitative estimate of drug-likeness (QED) is 0.562. The van der Waals surface area contributed by atoms with E-state index in [4.69, 9.17) is 4.74 Å². The van der Waals surface area contributed by atoms with Gasteiger partial charge in [-0.3, -0.25) is 9.59 Å². The molecule has 0 spiro atoms. The maximum absolute atomic E-state index is 12.8. The molecule has 0 bridgehead atoms. The molecule has 3 aromatic rings. The highest BCUT2D eigenvalue weighted by Gasteiger charge is 2.30. The predicted octanol–water partition coefficient (Wildman–Crippen LogP) is 4.75. The van der Waals surface area contributed by atoms with E-state index in [0.717, 1.165) is 23.3 Å². The van der Waals surface area contributed by atoms with E-state index in [2.05, 4.69) is 15.6 Å². The molecule has 2 amide bonds. The molecule has 1 aromatic heterocycles. The van der Waals surface area contributed by atoms with Gasteiger partial charge in [0.05, 0.1) is 5.56 Å². The van der Waals surface area contributed by atoms with Crippen LogP contribution in [0.1, 0.15) is 33.5 Å². The highest BCUT2D eigenvalue weighted by atomic mass is 19.4. The van der Waals surface area contributed by atoms with Crippen molar-refractivity contribution in [1.82, 2.24) is 10.3 Å². The van der Waals surface area contributed by atoms with Crippen LogP contribution in [0.3, 0.4) is 0 Å². The number of carbonyl (C=O) groups is 2. The summed E-state index contributed by atoms with van der Waals surface area (Å²) in [5.41, 5.74) is 0.804. The standard InChI is InChI=1S/C24H20F3N3O3/c25-24(26,27)17-5-2-4-16(14-17)23(32)29-11-9-15-3-1-6-18(13-15)33-20-10-12-28-22-19(20)7-8-21(31)30-22/h1-6,10,12-14H,7-9,11H2,(H,29,32)(H,28,30,31). The Morgan fingerprint density at radius 3 is 2.73 bits per heavy atom. The van der Waals surface area contributed by atoms with Crippen molar-refractivity contribution in [1.29, 1.82) is 0 Å². The van der Waals surface area contributed by atoms with Crippen LogP contribution in [0.15, 0.2) is 60.8 Å². The van der Waals surface area contributed by atoms with Crippen molar-refractivity contribution in [3.8, 4) is 11.5 Å². The molecule has 2 aromatic carbocycles. The minimum absolute atomic E-state index is 0.0449. The lowest BCUT2D eigenvalue weighted by atomic mass is 10.1. The summed E-state index contributed by atoms with van der Waals surface area (Å²) >= 11 is 0. The number of carbonyl (C=O) groups excluding carboxylic acids is 2. The monoisotopic (exact) mass is 455 g/mol. The van der Waals surface area contributed by atoms with Crippen LogP contribution in [-0.4, -0.2) is 23.3 Å². The minimum atomic E-state index is -4.50. The molecular weight excluding hydrogens is 435 g/mol. The second-order valence-corrected chi connectivity index (χ2v) is 7.52. The van der Waals surface area contributed by atoms with E-state index in [1.807, 2.05) is 18.2 Å². The summed E-state index contributed by atoms with van der Waals surface area (Å²) in [6, 6.07) is 13.3. The number of hydrogen-bond acceptors (Lipinski definition) is 4. The van der Waals surface area contributed by atoms with Gasteiger partial charge in [0, 0.05) is 30.3 Å². The van der Waals surface area contributed by atoms with Crippen LogP contribution in [0.25, 0.3) is 0 Å². The number of benzene rings is 2. The second kappa shape index (κ2) is 9.32. The lowest BCUT2D eigenvalue weighted by Gasteiger charge is -2.19. The fraction of sp³-hybridized carbons (Fsp3) is 0.208. The van der Waals surface area contributed by atoms with E-state index >= 15 is 0 Å². The predicted molar refractivity (Wildman–Crippen MR) is 115 cm³/mol. The molecule has 0 aliphatic carbocycles. The summed E-state index contributed by atoms with van der Waals surface area (Å²) in [5.74, 6) is 1.04. The van der Waals surface area contributed by atoms with Gasteiger partial charge >= 0.3 is 6.18 Å². The number of nitrogens with one attached hydrogen (secondary N) is 2. The SMILES string of the molecule is O=C1CCc2c(Oc3cccc(CCNC(=O)c4cccc(C(F)(F)F)c4)c3)ccnc2N1. The number of alkyl halides is 3. The van der Waals surface area contributed by atoms with Crippen LogP contribution < -0.4 is 15.4 Å². The van der Waals surface area contributed by atoms with Gasteiger partial charge in [-0.15, -0.1) is 0 Å². The van der Waals surface area contributed by atoms with E-state index in [1.165, 1.54) is 12.1 Å². The van der Waals surface area contributed by atoms with Crippen molar-refractivity contribution in [2.45, 2.75) is 25.4 Å². The molecule has 0 saturated heterocycles. The number of halogens is 3. The topological polar surface area (TPSA) is 80.3 Å². The number of pyridine rings is 1. The molecular formula is C24H20F3N3O3. The number of ether oxygens (including phenoxy) is 1. The lowest BCUT2D eigenvalue weighted by Crippen LogP contribution is -2.26. The van der Waals surface area contributed by atoms with Crippen molar-refractivity contribution in [2.24, 2.45) is 0 Å². The lowest BCUT2D eigenvalue weighted by molar-refractivity contribution is -0.137. The maximum Gasteiger partial charge on any atom is 0.416 e. The Balaban J connectivity index is 1.37. The van der Waals surface area contributed by atoms with Crippen LogP contribution in [0.5, 0.6) is 11.5 Å². The Hall–Kier alpha value is -3.88. The van der Waals surface area contributed by atoms with Gasteiger partial charge in [-0.05, 0) is 54.8 Å². The third-order valence-electron chi connectivity index (χ3n) is 5.15. The number of rotatable bonds is 6. The molecule has 0 fully saturated rings. The molecule has 0 saturated carbocycles. The van der Waals surface area contributed by atoms with E-state index in [-0.39, 0.29) is 18.0 Å². The van der Waals surface area contributed by atoms with Crippen LogP contribution in [-0.2, 0) is 23.8 Å². The average molecular weight is 455 g/mol. The van der Waals surface area contributed by atoms with Crippen molar-refractivity contribution in [3.05, 3.63) is 83.0 Å². The molecule has 9 heteroatoms. The number of aromatic nitrogens is 1. The minimum Gasteiger partial charge on any atom is -0.457 e. The maximum atomic E-state index is 12.8. The summed E-state index contributed by atoms with van der Waals surface area (Å²) in [6.45, 7) is 0.245. The number of anilines is 1. The fourth-order valence-electron chi connectivity index (χ4n) is 3.50. The average Bonchev–Trinajstić information content (AvgIpc) is 2.79. The summed E-state index contributed by atoms with van der Waals surface area (Å²) in [5, 5.41) is 5.37. The molecule has 33 heavy (non-hydrogen) atoms. The molecule has 0 atom stereocenters. The highest BCUT2D eigenvalue weighted by Crippen LogP contribution is 2.33. The molecule has 6 nitrogen and oxygen atoms in total. The largest absolute Gasteiger partial charge is 0.457 e. The normalized spacial score (nSPS) is 13.1. The fourth-order valence-corrected chi connectivity index (χ4v) is 3.50. The molecule has 2 N–H and O–H groups in total. The van der Waals surface area contributed by atoms with Gasteiger partial charge < -0.3 is 15.4 Å². The van der Waals surface area contributed by atoms with Gasteiger partial charge in [0.1, 0.15) is 17.3 Å². The summed E-state index contributed by atoms with van der Waals surface area (Å²) in [7, 11) is 0. The van der Waals surface area contributed by atoms with E-state index in [0.29, 0.717) is 36.6 Å². The zero-order valence-corrected chi connectivity index (χ0v) is 17.4. The molecule has 2 heterocycles. The Labute approximate surface area is 187 Å². The Bertz CT molecular complexity index is 1190. The second-order valence-electron chi connectivity index (χ2n) is 7.52. The van der Waals surface area contributed by atoms with Gasteiger partial charge in [0.15, 0.2) is 0 Å². The highest BCUT2D eigenvalue weighted by molar-refractivity contribution is 5.94. The van der Waals surface area contributed by atoms with E-state index < -0.39 is 17.6 Å². The van der Waals surface area contributed by atoms with Crippen molar-refractivity contribution >= 4 is 17.6 Å². The van der Waals surface area contributed by atoms with Crippen molar-refractivity contribution in [3.63, 3.8) is 0 Å². The van der Waals surface area contributed by atoms with Gasteiger partial charge in [-0.25, -0.2) is 4.98 Å². The molecule has 170 valence electrons. The van der Waals surface area contributed by atoms with E-state index in [1.54, 1.807) is 18.3 Å². The van der Waals surface area contributed by atoms with Crippen LogP contribution in [0.2, 0.25) is 0 Å². The molecule has 0 unspecified atom stereocenters. The van der Waals surface area contributed by atoms with Crippen LogP contribution in [0.4, 0.5) is 19.0 Å². The number of nitrogens with zero attached hydrogens (tertiary/aromatic N) is 1. The Morgan fingerprint density at radius 1 is 1.09 bits per heavy atom. The zero-order chi connectivity index (χ0) is 23.4. The number of fused-ring (bicyclic) bond motifs is 1. The first-order valence-electron chi connectivity index (χ1n) is 10.3. The third kappa shape index (κ3) is 5.49. The van der Waals surface area contributed by atoms with Crippen LogP contribution >= 0.6 is 0 Å². The molecule has 0 radical (unpaired) electrons. The van der Waals surface area contributed by atoms with Crippen molar-refractivity contribution in [2.75, 3.05) is 11.9 Å². The molecule has 4 rings (SSSR count). The summed E-state index contributed by atoms with van der Waals surface area (Å²) in [6.07, 6.45) is -1.58. The van der Waals surface area contributed by atoms with E-state index in [9.17, 15) is 22.8 Å². The molecule has 1 aliphatic heterocycles. The number of hydrogen-bond donors (Lipinski definition) is 2. The Kier molecular flexibility index (Phi) is 6.30. The smallest absolute Gasteiger partial charge is 0.416 e. The summed E-state index contributed by atoms with van der Waals surface area (Å²) in [4.78, 5) is 28.0. The first-order chi connectivity index (χ1) is 15.8. The Morgan fingerprint density at radius 2 is 1.91 bits per heavy atom. The zero-order valence-electron chi connectivity index (χ0n) is 17.4. The van der Waals surface area contributed by atoms with Crippen molar-refractivity contribution < 1.29 is 27.5 Å². The van der Waals surface area contributed by atoms with Gasteiger partial charge in [0.2, 0.25) is 5.91 Å². The van der Waals surface area contributed by atoms with Gasteiger partial charge in [0.25, 0.3) is 5.91 Å². The number of amides is 2. The molecule has 1 aliphatic rings. The first-order valence-corrected chi connectivity index (χ1v) is 10.3. The van der Waals surface area contributed by atoms with Gasteiger partial charge in [-0.2, -0.15) is 13.2 Å². The third-order valence-corrected chi connectivity index (χ3v) is 5.15. The van der Waals surface area contributed by atoms with Gasteiger partial charge in [-0.1, -0.05) is 18.2 Å². The summed E-state index contributed by atoms with van der Waals surface area (Å²) < 4.78 is 44.5. The first kappa shape index (κ1) is 22.3. The van der Waals surface area contributed by atoms with Crippen LogP contribution in [0, 0.1) is 0 Å².